The molecule has 7 heteroatoms. The second kappa shape index (κ2) is 9.07. The van der Waals surface area contributed by atoms with Crippen LogP contribution in [0.4, 0.5) is 10.1 Å². The summed E-state index contributed by atoms with van der Waals surface area (Å²) < 4.78 is 16.0. The number of phenols is 1. The number of nitrogens with zero attached hydrogens (tertiary/aromatic N) is 4. The Morgan fingerprint density at radius 2 is 1.80 bits per heavy atom. The molecule has 1 aliphatic heterocycles. The Morgan fingerprint density at radius 1 is 1.03 bits per heavy atom. The van der Waals surface area contributed by atoms with Crippen LogP contribution in [-0.4, -0.2) is 26.0 Å². The molecule has 0 unspecified atom stereocenters. The molecule has 2 heterocycles. The lowest BCUT2D eigenvalue weighted by Gasteiger charge is -2.26. The van der Waals surface area contributed by atoms with Crippen LogP contribution in [0, 0.1) is 18.2 Å². The predicted molar refractivity (Wildman–Crippen MR) is 130 cm³/mol. The molecular weight excluding hydrogens is 443 g/mol. The van der Waals surface area contributed by atoms with Crippen molar-refractivity contribution in [2.45, 2.75) is 31.3 Å². The van der Waals surface area contributed by atoms with Gasteiger partial charge >= 0.3 is 0 Å². The van der Waals surface area contributed by atoms with Gasteiger partial charge in [0.05, 0.1) is 24.2 Å². The van der Waals surface area contributed by atoms with Crippen molar-refractivity contribution in [2.75, 3.05) is 4.90 Å². The molecule has 0 bridgehead atoms. The molecule has 6 nitrogen and oxygen atoms in total. The topological polar surface area (TPSA) is 71.2 Å². The first-order valence-electron chi connectivity index (χ1n) is 11.3. The van der Waals surface area contributed by atoms with Crippen LogP contribution < -0.4 is 4.90 Å². The quantitative estimate of drug-likeness (QED) is 0.414. The number of aromatic hydroxyl groups is 1. The van der Waals surface area contributed by atoms with Crippen LogP contribution in [0.3, 0.4) is 0 Å². The maximum atomic E-state index is 14.4. The molecular formula is C28H23FN4O2. The first-order chi connectivity index (χ1) is 17.0. The van der Waals surface area contributed by atoms with Gasteiger partial charge in [-0.15, -0.1) is 17.4 Å². The maximum Gasteiger partial charge on any atom is 0.239 e. The molecule has 3 aromatic carbocycles. The number of carbonyl (C=O) groups is 1. The zero-order chi connectivity index (χ0) is 24.4. The number of carbonyl (C=O) groups excluding carboxylic acids is 1. The summed E-state index contributed by atoms with van der Waals surface area (Å²) in [7, 11) is 0. The summed E-state index contributed by atoms with van der Waals surface area (Å²) >= 11 is 0. The SMILES string of the molecule is C#CC[C@@]1(Cc2cn(Cc3ccccc3O)nn2)C(=O)N(Cc2ccccc2)c2ccc(F)cc21. The minimum absolute atomic E-state index is 0.0971. The van der Waals surface area contributed by atoms with E-state index in [-0.39, 0.29) is 24.5 Å². The summed E-state index contributed by atoms with van der Waals surface area (Å²) in [6.07, 6.45) is 7.75. The maximum absolute atomic E-state index is 14.4. The van der Waals surface area contributed by atoms with Crippen molar-refractivity contribution in [2.24, 2.45) is 0 Å². The van der Waals surface area contributed by atoms with Crippen molar-refractivity contribution in [3.05, 3.63) is 107 Å². The van der Waals surface area contributed by atoms with Gasteiger partial charge in [-0.3, -0.25) is 4.79 Å². The number of phenolic OH excluding ortho intramolecular Hbond substituents is 1. The fraction of sp³-hybridized carbons (Fsp3) is 0.179. The number of hydrogen-bond donors (Lipinski definition) is 1. The van der Waals surface area contributed by atoms with Gasteiger partial charge in [0.2, 0.25) is 5.91 Å². The fourth-order valence-corrected chi connectivity index (χ4v) is 4.74. The minimum atomic E-state index is -1.16. The lowest BCUT2D eigenvalue weighted by atomic mass is 9.75. The average molecular weight is 467 g/mol. The van der Waals surface area contributed by atoms with Crippen molar-refractivity contribution in [3.8, 4) is 18.1 Å². The summed E-state index contributed by atoms with van der Waals surface area (Å²) in [5.41, 5.74) is 2.27. The van der Waals surface area contributed by atoms with E-state index in [9.17, 15) is 14.3 Å². The van der Waals surface area contributed by atoms with Crippen molar-refractivity contribution in [1.29, 1.82) is 0 Å². The van der Waals surface area contributed by atoms with E-state index in [1.807, 2.05) is 36.4 Å². The highest BCUT2D eigenvalue weighted by Gasteiger charge is 2.51. The fourth-order valence-electron chi connectivity index (χ4n) is 4.74. The van der Waals surface area contributed by atoms with Crippen LogP contribution in [0.1, 0.15) is 28.8 Å². The Hall–Kier alpha value is -4.44. The first-order valence-corrected chi connectivity index (χ1v) is 11.3. The van der Waals surface area contributed by atoms with Crippen molar-refractivity contribution < 1.29 is 14.3 Å². The van der Waals surface area contributed by atoms with Crippen molar-refractivity contribution in [3.63, 3.8) is 0 Å². The highest BCUT2D eigenvalue weighted by atomic mass is 19.1. The van der Waals surface area contributed by atoms with Gasteiger partial charge in [0.15, 0.2) is 0 Å². The van der Waals surface area contributed by atoms with Crippen LogP contribution in [0.5, 0.6) is 5.75 Å². The summed E-state index contributed by atoms with van der Waals surface area (Å²) in [5, 5.41) is 18.5. The molecule has 0 radical (unpaired) electrons. The number of hydrogen-bond acceptors (Lipinski definition) is 4. The van der Waals surface area contributed by atoms with Gasteiger partial charge in [-0.2, -0.15) is 0 Å². The molecule has 1 aliphatic rings. The zero-order valence-electron chi connectivity index (χ0n) is 18.9. The number of amides is 1. The largest absolute Gasteiger partial charge is 0.508 e. The van der Waals surface area contributed by atoms with E-state index < -0.39 is 11.2 Å². The standard InChI is InChI=1S/C28H23FN4O2/c1-2-14-28(16-23-19-32(31-30-23)18-21-10-6-7-11-26(21)34)24-15-22(29)12-13-25(24)33(27(28)35)17-20-8-4-3-5-9-20/h1,3-13,15,19,34H,14,16-18H2/t28-/m0/s1. The van der Waals surface area contributed by atoms with Gasteiger partial charge in [0.25, 0.3) is 0 Å². The van der Waals surface area contributed by atoms with Crippen molar-refractivity contribution in [1.82, 2.24) is 15.0 Å². The molecule has 0 saturated heterocycles. The summed E-state index contributed by atoms with van der Waals surface area (Å²) in [6.45, 7) is 0.672. The van der Waals surface area contributed by atoms with Gasteiger partial charge in [-0.1, -0.05) is 53.7 Å². The summed E-state index contributed by atoms with van der Waals surface area (Å²) in [4.78, 5) is 15.6. The third-order valence-electron chi connectivity index (χ3n) is 6.40. The lowest BCUT2D eigenvalue weighted by Crippen LogP contribution is -2.41. The summed E-state index contributed by atoms with van der Waals surface area (Å²) in [5.74, 6) is 2.20. The Morgan fingerprint density at radius 3 is 2.57 bits per heavy atom. The van der Waals surface area contributed by atoms with E-state index in [1.165, 1.54) is 12.1 Å². The molecule has 0 saturated carbocycles. The number of fused-ring (bicyclic) bond motifs is 1. The van der Waals surface area contributed by atoms with Crippen LogP contribution in [0.25, 0.3) is 0 Å². The van der Waals surface area contributed by atoms with Gasteiger partial charge in [0.1, 0.15) is 11.6 Å². The highest BCUT2D eigenvalue weighted by molar-refractivity contribution is 6.08. The molecule has 5 rings (SSSR count). The monoisotopic (exact) mass is 466 g/mol. The second-order valence-electron chi connectivity index (χ2n) is 8.71. The number of aromatic nitrogens is 3. The zero-order valence-corrected chi connectivity index (χ0v) is 18.9. The number of anilines is 1. The number of terminal acetylenes is 1. The molecule has 1 aromatic heterocycles. The molecule has 174 valence electrons. The second-order valence-corrected chi connectivity index (χ2v) is 8.71. The van der Waals surface area contributed by atoms with Crippen molar-refractivity contribution >= 4 is 11.6 Å². The molecule has 35 heavy (non-hydrogen) atoms. The summed E-state index contributed by atoms with van der Waals surface area (Å²) in [6, 6.07) is 21.0. The molecule has 0 fully saturated rings. The first kappa shape index (κ1) is 22.4. The minimum Gasteiger partial charge on any atom is -0.508 e. The van der Waals surface area contributed by atoms with Gasteiger partial charge in [-0.05, 0) is 35.4 Å². The van der Waals surface area contributed by atoms with Crippen LogP contribution in [0.2, 0.25) is 0 Å². The third-order valence-corrected chi connectivity index (χ3v) is 6.40. The van der Waals surface area contributed by atoms with Crippen LogP contribution in [0.15, 0.2) is 79.0 Å². The van der Waals surface area contributed by atoms with E-state index in [0.717, 1.165) is 5.56 Å². The number of rotatable bonds is 7. The number of halogens is 1. The average Bonchev–Trinajstić information content (AvgIpc) is 3.38. The Balaban J connectivity index is 1.50. The highest BCUT2D eigenvalue weighted by Crippen LogP contribution is 2.46. The van der Waals surface area contributed by atoms with E-state index >= 15 is 0 Å². The van der Waals surface area contributed by atoms with Gasteiger partial charge < -0.3 is 10.0 Å². The third kappa shape index (κ3) is 4.15. The Labute approximate surface area is 202 Å². The molecule has 4 aromatic rings. The van der Waals surface area contributed by atoms with E-state index in [0.29, 0.717) is 35.6 Å². The number of benzene rings is 3. The molecule has 1 amide bonds. The lowest BCUT2D eigenvalue weighted by molar-refractivity contribution is -0.123. The van der Waals surface area contributed by atoms with Crippen LogP contribution in [-0.2, 0) is 29.7 Å². The van der Waals surface area contributed by atoms with E-state index in [1.54, 1.807) is 40.0 Å². The van der Waals surface area contributed by atoms with E-state index in [4.69, 9.17) is 6.42 Å². The number of para-hydroxylation sites is 1. The van der Waals surface area contributed by atoms with E-state index in [2.05, 4.69) is 16.2 Å². The van der Waals surface area contributed by atoms with Gasteiger partial charge in [-0.25, -0.2) is 9.07 Å². The Kier molecular flexibility index (Phi) is 5.79. The molecule has 0 spiro atoms. The molecule has 1 atom stereocenters. The van der Waals surface area contributed by atoms with Crippen LogP contribution >= 0.6 is 0 Å². The smallest absolute Gasteiger partial charge is 0.239 e. The molecule has 1 N–H and O–H groups in total. The normalized spacial score (nSPS) is 16.8. The Bertz CT molecular complexity index is 1430. The molecule has 0 aliphatic carbocycles. The van der Waals surface area contributed by atoms with Gasteiger partial charge in [0, 0.05) is 30.3 Å². The predicted octanol–water partition coefficient (Wildman–Crippen LogP) is 4.22.